The Morgan fingerprint density at radius 1 is 1.00 bits per heavy atom. The van der Waals surface area contributed by atoms with Crippen LogP contribution in [-0.4, -0.2) is 21.9 Å². The van der Waals surface area contributed by atoms with Gasteiger partial charge in [-0.2, -0.15) is 0 Å². The summed E-state index contributed by atoms with van der Waals surface area (Å²) in [5.74, 6) is 1.70. The van der Waals surface area contributed by atoms with Crippen molar-refractivity contribution in [2.24, 2.45) is 28.6 Å². The van der Waals surface area contributed by atoms with Gasteiger partial charge in [0, 0.05) is 0 Å². The Morgan fingerprint density at radius 2 is 1.77 bits per heavy atom. The Bertz CT molecular complexity index is 508. The zero-order valence-electron chi connectivity index (χ0n) is 14.4. The number of hydrogen-bond acceptors (Lipinski definition) is 2. The molecule has 0 saturated heterocycles. The average molecular weight is 304 g/mol. The summed E-state index contributed by atoms with van der Waals surface area (Å²) in [6.45, 7) is 6.95. The summed E-state index contributed by atoms with van der Waals surface area (Å²) in [5.41, 5.74) is 1.34. The number of hydrogen-bond donors (Lipinski definition) is 2. The molecule has 2 nitrogen and oxygen atoms in total. The summed E-state index contributed by atoms with van der Waals surface area (Å²) in [6.07, 6.45) is 11.4. The SMILES string of the molecule is CC1(O)C=C2CC(O)CC[C@]2(C)[C@H]2CC[C@]3(C)CCC[C@H]3[C@@H]21. The van der Waals surface area contributed by atoms with Crippen molar-refractivity contribution in [1.29, 1.82) is 0 Å². The van der Waals surface area contributed by atoms with Gasteiger partial charge in [0.05, 0.1) is 11.7 Å². The lowest BCUT2D eigenvalue weighted by Crippen LogP contribution is -2.58. The van der Waals surface area contributed by atoms with Crippen molar-refractivity contribution in [2.75, 3.05) is 0 Å². The molecule has 0 radical (unpaired) electrons. The third-order valence-corrected chi connectivity index (χ3v) is 8.20. The minimum absolute atomic E-state index is 0.202. The molecule has 4 rings (SSSR count). The Balaban J connectivity index is 1.79. The molecule has 0 aromatic heterocycles. The topological polar surface area (TPSA) is 40.5 Å². The molecule has 7 atom stereocenters. The predicted molar refractivity (Wildman–Crippen MR) is 88.3 cm³/mol. The Kier molecular flexibility index (Phi) is 3.18. The molecule has 0 spiro atoms. The average Bonchev–Trinajstić information content (AvgIpc) is 2.82. The smallest absolute Gasteiger partial charge is 0.0836 e. The van der Waals surface area contributed by atoms with Gasteiger partial charge in [0.2, 0.25) is 0 Å². The zero-order chi connectivity index (χ0) is 15.8. The van der Waals surface area contributed by atoms with Gasteiger partial charge in [0.15, 0.2) is 0 Å². The highest BCUT2D eigenvalue weighted by atomic mass is 16.3. The Hall–Kier alpha value is -0.340. The van der Waals surface area contributed by atoms with E-state index in [1.807, 2.05) is 6.92 Å². The van der Waals surface area contributed by atoms with E-state index in [4.69, 9.17) is 0 Å². The van der Waals surface area contributed by atoms with E-state index in [2.05, 4.69) is 19.9 Å². The number of fused-ring (bicyclic) bond motifs is 5. The first-order chi connectivity index (χ1) is 10.3. The fourth-order valence-electron chi connectivity index (χ4n) is 6.97. The molecule has 2 unspecified atom stereocenters. The van der Waals surface area contributed by atoms with E-state index in [0.717, 1.165) is 19.3 Å². The first-order valence-electron chi connectivity index (χ1n) is 9.39. The maximum absolute atomic E-state index is 11.3. The molecule has 0 bridgehead atoms. The molecule has 0 aromatic carbocycles. The van der Waals surface area contributed by atoms with Crippen LogP contribution in [0.2, 0.25) is 0 Å². The van der Waals surface area contributed by atoms with E-state index in [9.17, 15) is 10.2 Å². The van der Waals surface area contributed by atoms with Crippen molar-refractivity contribution >= 4 is 0 Å². The molecule has 22 heavy (non-hydrogen) atoms. The molecular formula is C20H32O2. The van der Waals surface area contributed by atoms with E-state index in [0.29, 0.717) is 23.2 Å². The minimum atomic E-state index is -0.687. The third-order valence-electron chi connectivity index (χ3n) is 8.20. The molecule has 4 aliphatic carbocycles. The van der Waals surface area contributed by atoms with Crippen LogP contribution in [0.3, 0.4) is 0 Å². The molecule has 0 aliphatic heterocycles. The van der Waals surface area contributed by atoms with Gasteiger partial charge in [-0.3, -0.25) is 0 Å². The first kappa shape index (κ1) is 15.2. The lowest BCUT2D eigenvalue weighted by Gasteiger charge is -2.61. The van der Waals surface area contributed by atoms with E-state index in [1.165, 1.54) is 37.7 Å². The van der Waals surface area contributed by atoms with Gasteiger partial charge in [0.1, 0.15) is 0 Å². The van der Waals surface area contributed by atoms with E-state index >= 15 is 0 Å². The summed E-state index contributed by atoms with van der Waals surface area (Å²) in [6, 6.07) is 0. The normalized spacial score (nSPS) is 57.6. The fraction of sp³-hybridized carbons (Fsp3) is 0.900. The van der Waals surface area contributed by atoms with Crippen LogP contribution in [0.5, 0.6) is 0 Å². The van der Waals surface area contributed by atoms with Crippen molar-refractivity contribution in [3.8, 4) is 0 Å². The zero-order valence-corrected chi connectivity index (χ0v) is 14.4. The largest absolute Gasteiger partial charge is 0.393 e. The molecular weight excluding hydrogens is 272 g/mol. The van der Waals surface area contributed by atoms with Gasteiger partial charge in [-0.15, -0.1) is 0 Å². The molecule has 3 fully saturated rings. The highest BCUT2D eigenvalue weighted by Crippen LogP contribution is 2.66. The minimum Gasteiger partial charge on any atom is -0.393 e. The summed E-state index contributed by atoms with van der Waals surface area (Å²) >= 11 is 0. The van der Waals surface area contributed by atoms with Crippen LogP contribution in [0.1, 0.15) is 72.1 Å². The van der Waals surface area contributed by atoms with Crippen molar-refractivity contribution in [2.45, 2.75) is 83.8 Å². The lowest BCUT2D eigenvalue weighted by molar-refractivity contribution is -0.123. The molecule has 3 saturated carbocycles. The highest BCUT2D eigenvalue weighted by molar-refractivity contribution is 5.30. The summed E-state index contributed by atoms with van der Waals surface area (Å²) in [7, 11) is 0. The Labute approximate surface area is 135 Å². The van der Waals surface area contributed by atoms with Gasteiger partial charge >= 0.3 is 0 Å². The van der Waals surface area contributed by atoms with E-state index in [1.54, 1.807) is 0 Å². The molecule has 4 aliphatic rings. The monoisotopic (exact) mass is 304 g/mol. The molecule has 124 valence electrons. The van der Waals surface area contributed by atoms with Crippen LogP contribution < -0.4 is 0 Å². The first-order valence-corrected chi connectivity index (χ1v) is 9.39. The van der Waals surface area contributed by atoms with Gasteiger partial charge in [0.25, 0.3) is 0 Å². The van der Waals surface area contributed by atoms with Gasteiger partial charge in [-0.05, 0) is 80.5 Å². The quantitative estimate of drug-likeness (QED) is 0.663. The number of aliphatic hydroxyl groups is 2. The standard InChI is InChI=1S/C20H32O2/c1-18-8-4-5-15(18)17-16(7-9-18)19(2)10-6-14(21)11-13(19)12-20(17,3)22/h12,14-17,21-22H,4-11H2,1-3H3/t14?,15-,16-,17-,18-,19-,20?/m0/s1. The van der Waals surface area contributed by atoms with E-state index in [-0.39, 0.29) is 11.5 Å². The van der Waals surface area contributed by atoms with E-state index < -0.39 is 5.60 Å². The maximum Gasteiger partial charge on any atom is 0.0836 e. The summed E-state index contributed by atoms with van der Waals surface area (Å²) < 4.78 is 0. The lowest BCUT2D eigenvalue weighted by atomic mass is 9.45. The molecule has 0 amide bonds. The van der Waals surface area contributed by atoms with Gasteiger partial charge in [-0.1, -0.05) is 31.9 Å². The van der Waals surface area contributed by atoms with Crippen molar-refractivity contribution in [3.63, 3.8) is 0 Å². The fourth-order valence-corrected chi connectivity index (χ4v) is 6.97. The van der Waals surface area contributed by atoms with Crippen molar-refractivity contribution in [3.05, 3.63) is 11.6 Å². The number of aliphatic hydroxyl groups excluding tert-OH is 1. The van der Waals surface area contributed by atoms with Crippen molar-refractivity contribution < 1.29 is 10.2 Å². The van der Waals surface area contributed by atoms with Crippen LogP contribution in [0, 0.1) is 28.6 Å². The molecule has 2 N–H and O–H groups in total. The summed E-state index contributed by atoms with van der Waals surface area (Å²) in [5, 5.41) is 21.4. The molecule has 0 heterocycles. The molecule has 2 heteroatoms. The van der Waals surface area contributed by atoms with Gasteiger partial charge < -0.3 is 10.2 Å². The van der Waals surface area contributed by atoms with Crippen LogP contribution in [0.25, 0.3) is 0 Å². The number of rotatable bonds is 0. The molecule has 0 aromatic rings. The van der Waals surface area contributed by atoms with Crippen LogP contribution in [-0.2, 0) is 0 Å². The van der Waals surface area contributed by atoms with Gasteiger partial charge in [-0.25, -0.2) is 0 Å². The van der Waals surface area contributed by atoms with Crippen LogP contribution in [0.15, 0.2) is 11.6 Å². The van der Waals surface area contributed by atoms with Crippen LogP contribution >= 0.6 is 0 Å². The Morgan fingerprint density at radius 3 is 2.55 bits per heavy atom. The van der Waals surface area contributed by atoms with Crippen molar-refractivity contribution in [1.82, 2.24) is 0 Å². The maximum atomic E-state index is 11.3. The highest BCUT2D eigenvalue weighted by Gasteiger charge is 2.61. The second-order valence-corrected chi connectivity index (χ2v) is 9.53. The third kappa shape index (κ3) is 1.92. The second-order valence-electron chi connectivity index (χ2n) is 9.53. The summed E-state index contributed by atoms with van der Waals surface area (Å²) in [4.78, 5) is 0. The predicted octanol–water partition coefficient (Wildman–Crippen LogP) is 4.06. The second kappa shape index (κ2) is 4.60. The van der Waals surface area contributed by atoms with Crippen LogP contribution in [0.4, 0.5) is 0 Å².